The van der Waals surface area contributed by atoms with Crippen LogP contribution in [0.5, 0.6) is 0 Å². The summed E-state index contributed by atoms with van der Waals surface area (Å²) in [5, 5.41) is 2.83. The maximum Gasteiger partial charge on any atom is 0.224 e. The molecule has 1 N–H and O–H groups in total. The van der Waals surface area contributed by atoms with Crippen LogP contribution in [-0.4, -0.2) is 62.1 Å². The molecule has 0 saturated carbocycles. The van der Waals surface area contributed by atoms with Gasteiger partial charge in [-0.2, -0.15) is 0 Å². The number of nitrogens with zero attached hydrogens (tertiary/aromatic N) is 2. The summed E-state index contributed by atoms with van der Waals surface area (Å²) >= 11 is 0. The van der Waals surface area contributed by atoms with E-state index in [0.29, 0.717) is 32.5 Å². The normalized spacial score (nSPS) is 20.0. The number of rotatable bonds is 7. The Hall–Kier alpha value is -2.15. The van der Waals surface area contributed by atoms with Crippen molar-refractivity contribution in [3.8, 4) is 0 Å². The number of nitrogens with one attached hydrogen (secondary N) is 1. The van der Waals surface area contributed by atoms with Crippen LogP contribution in [0.25, 0.3) is 0 Å². The molecular formula is C20H28FN3O3. The molecule has 1 atom stereocenters. The number of anilines is 1. The molecule has 3 rings (SSSR count). The Balaban J connectivity index is 1.31. The quantitative estimate of drug-likeness (QED) is 0.789. The van der Waals surface area contributed by atoms with Crippen molar-refractivity contribution in [2.45, 2.75) is 38.2 Å². The first kappa shape index (κ1) is 19.6. The van der Waals surface area contributed by atoms with Gasteiger partial charge in [-0.15, -0.1) is 0 Å². The van der Waals surface area contributed by atoms with Crippen LogP contribution >= 0.6 is 0 Å². The highest BCUT2D eigenvalue weighted by atomic mass is 19.1. The van der Waals surface area contributed by atoms with E-state index in [9.17, 15) is 14.0 Å². The average Bonchev–Trinajstić information content (AvgIpc) is 3.21. The van der Waals surface area contributed by atoms with Crippen LogP contribution in [0.1, 0.15) is 32.1 Å². The van der Waals surface area contributed by atoms with Gasteiger partial charge in [0.1, 0.15) is 5.82 Å². The van der Waals surface area contributed by atoms with Gasteiger partial charge in [0.15, 0.2) is 0 Å². The van der Waals surface area contributed by atoms with Gasteiger partial charge in [-0.25, -0.2) is 4.39 Å². The van der Waals surface area contributed by atoms with E-state index in [1.807, 2.05) is 4.90 Å². The first-order valence-corrected chi connectivity index (χ1v) is 9.78. The Morgan fingerprint density at radius 2 is 1.85 bits per heavy atom. The molecule has 1 unspecified atom stereocenters. The van der Waals surface area contributed by atoms with Gasteiger partial charge in [0, 0.05) is 57.9 Å². The van der Waals surface area contributed by atoms with Crippen LogP contribution in [0.4, 0.5) is 10.1 Å². The highest BCUT2D eigenvalue weighted by molar-refractivity contribution is 5.79. The molecule has 1 aromatic carbocycles. The van der Waals surface area contributed by atoms with Gasteiger partial charge < -0.3 is 19.9 Å². The molecule has 7 heteroatoms. The number of halogens is 1. The van der Waals surface area contributed by atoms with E-state index >= 15 is 0 Å². The predicted molar refractivity (Wildman–Crippen MR) is 101 cm³/mol. The molecule has 0 spiro atoms. The van der Waals surface area contributed by atoms with Gasteiger partial charge in [0.25, 0.3) is 0 Å². The summed E-state index contributed by atoms with van der Waals surface area (Å²) in [6.07, 6.45) is 3.86. The van der Waals surface area contributed by atoms with Crippen LogP contribution < -0.4 is 10.2 Å². The lowest BCUT2D eigenvalue weighted by molar-refractivity contribution is -0.131. The molecule has 0 aromatic heterocycles. The molecule has 2 aliphatic rings. The minimum Gasteiger partial charge on any atom is -0.378 e. The first-order chi connectivity index (χ1) is 13.1. The zero-order valence-electron chi connectivity index (χ0n) is 15.7. The van der Waals surface area contributed by atoms with Crippen molar-refractivity contribution in [1.29, 1.82) is 0 Å². The first-order valence-electron chi connectivity index (χ1n) is 9.78. The monoisotopic (exact) mass is 377 g/mol. The van der Waals surface area contributed by atoms with E-state index in [0.717, 1.165) is 44.6 Å². The molecular weight excluding hydrogens is 349 g/mol. The van der Waals surface area contributed by atoms with Gasteiger partial charge in [-0.05, 0) is 43.5 Å². The molecule has 2 amide bonds. The van der Waals surface area contributed by atoms with Crippen LogP contribution in [0.15, 0.2) is 24.3 Å². The van der Waals surface area contributed by atoms with Crippen molar-refractivity contribution in [1.82, 2.24) is 10.2 Å². The summed E-state index contributed by atoms with van der Waals surface area (Å²) < 4.78 is 18.5. The number of hydrogen-bond donors (Lipinski definition) is 1. The van der Waals surface area contributed by atoms with Gasteiger partial charge in [-0.1, -0.05) is 0 Å². The highest BCUT2D eigenvalue weighted by Gasteiger charge is 2.21. The SMILES string of the molecule is O=C(CCC1CCCO1)NCCC(=O)N1CCN(c2ccc(F)cc2)CC1. The molecule has 2 fully saturated rings. The van der Waals surface area contributed by atoms with Crippen LogP contribution in [0, 0.1) is 5.82 Å². The second kappa shape index (κ2) is 9.69. The van der Waals surface area contributed by atoms with Gasteiger partial charge >= 0.3 is 0 Å². The third-order valence-corrected chi connectivity index (χ3v) is 5.20. The largest absolute Gasteiger partial charge is 0.378 e. The molecule has 0 bridgehead atoms. The molecule has 0 radical (unpaired) electrons. The molecule has 0 aliphatic carbocycles. The van der Waals surface area contributed by atoms with E-state index in [1.54, 1.807) is 12.1 Å². The molecule has 2 heterocycles. The predicted octanol–water partition coefficient (Wildman–Crippen LogP) is 1.94. The van der Waals surface area contributed by atoms with Crippen molar-refractivity contribution >= 4 is 17.5 Å². The number of piperazine rings is 1. The van der Waals surface area contributed by atoms with Crippen LogP contribution in [0.3, 0.4) is 0 Å². The highest BCUT2D eigenvalue weighted by Crippen LogP contribution is 2.18. The fourth-order valence-electron chi connectivity index (χ4n) is 3.59. The van der Waals surface area contributed by atoms with Crippen molar-refractivity contribution in [3.63, 3.8) is 0 Å². The number of carbonyl (C=O) groups is 2. The second-order valence-electron chi connectivity index (χ2n) is 7.12. The van der Waals surface area contributed by atoms with E-state index < -0.39 is 0 Å². The summed E-state index contributed by atoms with van der Waals surface area (Å²) in [6, 6.07) is 6.43. The summed E-state index contributed by atoms with van der Waals surface area (Å²) in [7, 11) is 0. The third kappa shape index (κ3) is 5.92. The second-order valence-corrected chi connectivity index (χ2v) is 7.12. The molecule has 2 aliphatic heterocycles. The summed E-state index contributed by atoms with van der Waals surface area (Å²) in [6.45, 7) is 3.92. The van der Waals surface area contributed by atoms with E-state index in [4.69, 9.17) is 4.74 Å². The summed E-state index contributed by atoms with van der Waals surface area (Å²) in [4.78, 5) is 28.2. The number of hydrogen-bond acceptors (Lipinski definition) is 4. The lowest BCUT2D eigenvalue weighted by atomic mass is 10.1. The topological polar surface area (TPSA) is 61.9 Å². The maximum absolute atomic E-state index is 13.0. The molecule has 6 nitrogen and oxygen atoms in total. The van der Waals surface area contributed by atoms with Gasteiger partial charge in [0.05, 0.1) is 6.10 Å². The fraction of sp³-hybridized carbons (Fsp3) is 0.600. The Morgan fingerprint density at radius 1 is 1.11 bits per heavy atom. The fourth-order valence-corrected chi connectivity index (χ4v) is 3.59. The Kier molecular flexibility index (Phi) is 7.04. The standard InChI is InChI=1S/C20H28FN3O3/c21-16-3-5-17(6-4-16)23-11-13-24(14-12-23)20(26)9-10-22-19(25)8-7-18-2-1-15-27-18/h3-6,18H,1-2,7-15H2,(H,22,25). The van der Waals surface area contributed by atoms with Gasteiger partial charge in [-0.3, -0.25) is 9.59 Å². The minimum atomic E-state index is -0.245. The maximum atomic E-state index is 13.0. The van der Waals surface area contributed by atoms with E-state index in [-0.39, 0.29) is 23.7 Å². The minimum absolute atomic E-state index is 0.0144. The lowest BCUT2D eigenvalue weighted by Crippen LogP contribution is -2.49. The zero-order chi connectivity index (χ0) is 19.1. The molecule has 27 heavy (non-hydrogen) atoms. The molecule has 148 valence electrons. The molecule has 1 aromatic rings. The van der Waals surface area contributed by atoms with E-state index in [2.05, 4.69) is 10.2 Å². The number of benzene rings is 1. The van der Waals surface area contributed by atoms with Gasteiger partial charge in [0.2, 0.25) is 11.8 Å². The molecule has 2 saturated heterocycles. The van der Waals surface area contributed by atoms with Crippen LogP contribution in [-0.2, 0) is 14.3 Å². The lowest BCUT2D eigenvalue weighted by Gasteiger charge is -2.36. The smallest absolute Gasteiger partial charge is 0.224 e. The summed E-state index contributed by atoms with van der Waals surface area (Å²) in [5.74, 6) is -0.196. The van der Waals surface area contributed by atoms with Crippen molar-refractivity contribution < 1.29 is 18.7 Å². The van der Waals surface area contributed by atoms with Crippen molar-refractivity contribution in [2.24, 2.45) is 0 Å². The Morgan fingerprint density at radius 3 is 2.52 bits per heavy atom. The zero-order valence-corrected chi connectivity index (χ0v) is 15.7. The Bertz CT molecular complexity index is 624. The number of carbonyl (C=O) groups excluding carboxylic acids is 2. The number of amides is 2. The van der Waals surface area contributed by atoms with E-state index in [1.165, 1.54) is 12.1 Å². The average molecular weight is 377 g/mol. The summed E-state index contributed by atoms with van der Waals surface area (Å²) in [5.41, 5.74) is 0.974. The Labute approximate surface area is 159 Å². The third-order valence-electron chi connectivity index (χ3n) is 5.20. The van der Waals surface area contributed by atoms with Crippen LogP contribution in [0.2, 0.25) is 0 Å². The number of ether oxygens (including phenoxy) is 1. The van der Waals surface area contributed by atoms with Crippen molar-refractivity contribution in [2.75, 3.05) is 44.2 Å². The van der Waals surface area contributed by atoms with Crippen molar-refractivity contribution in [3.05, 3.63) is 30.1 Å².